The summed E-state index contributed by atoms with van der Waals surface area (Å²) >= 11 is 0. The maximum atomic E-state index is 11.4. The summed E-state index contributed by atoms with van der Waals surface area (Å²) in [5, 5.41) is 14.0. The number of hydrogen-bond acceptors (Lipinski definition) is 3. The first-order valence-corrected chi connectivity index (χ1v) is 6.39. The van der Waals surface area contributed by atoms with Crippen LogP contribution in [0.15, 0.2) is 12.2 Å². The summed E-state index contributed by atoms with van der Waals surface area (Å²) in [7, 11) is 0. The molecule has 0 aromatic carbocycles. The van der Waals surface area contributed by atoms with E-state index in [0.29, 0.717) is 25.1 Å². The Morgan fingerprint density at radius 1 is 1.06 bits per heavy atom. The van der Waals surface area contributed by atoms with Crippen molar-refractivity contribution >= 4 is 11.8 Å². The molecule has 0 aliphatic rings. The Hall–Kier alpha value is -1.36. The molecule has 0 saturated heterocycles. The van der Waals surface area contributed by atoms with Gasteiger partial charge in [0.15, 0.2) is 0 Å². The molecule has 0 aliphatic carbocycles. The molecule has 0 spiro atoms. The van der Waals surface area contributed by atoms with Crippen molar-refractivity contribution in [2.75, 3.05) is 19.7 Å². The van der Waals surface area contributed by atoms with Gasteiger partial charge < -0.3 is 15.7 Å². The zero-order valence-electron chi connectivity index (χ0n) is 11.1. The van der Waals surface area contributed by atoms with E-state index in [0.717, 1.165) is 25.7 Å². The van der Waals surface area contributed by atoms with E-state index in [1.807, 2.05) is 0 Å². The Bertz CT molecular complexity index is 277. The summed E-state index contributed by atoms with van der Waals surface area (Å²) in [6.45, 7) is 6.23. The van der Waals surface area contributed by atoms with E-state index in [9.17, 15) is 9.59 Å². The summed E-state index contributed by atoms with van der Waals surface area (Å²) in [5.74, 6) is -0.183. The molecule has 0 radical (unpaired) electrons. The fourth-order valence-corrected chi connectivity index (χ4v) is 1.37. The normalized spacial score (nSPS) is 9.89. The van der Waals surface area contributed by atoms with E-state index in [4.69, 9.17) is 5.11 Å². The lowest BCUT2D eigenvalue weighted by molar-refractivity contribution is -0.121. The molecule has 0 saturated carbocycles. The third kappa shape index (κ3) is 9.84. The molecule has 0 aliphatic heterocycles. The van der Waals surface area contributed by atoms with Crippen LogP contribution >= 0.6 is 0 Å². The third-order valence-electron chi connectivity index (χ3n) is 2.43. The smallest absolute Gasteiger partial charge is 0.246 e. The molecule has 0 fully saturated rings. The van der Waals surface area contributed by atoms with Gasteiger partial charge in [0.1, 0.15) is 0 Å². The summed E-state index contributed by atoms with van der Waals surface area (Å²) in [6.07, 6.45) is 4.05. The minimum absolute atomic E-state index is 0.00331. The molecular formula is C13H24N2O3. The Morgan fingerprint density at radius 2 is 1.67 bits per heavy atom. The fourth-order valence-electron chi connectivity index (χ4n) is 1.37. The minimum atomic E-state index is -0.187. The maximum Gasteiger partial charge on any atom is 0.246 e. The van der Waals surface area contributed by atoms with Gasteiger partial charge in [0.2, 0.25) is 11.8 Å². The number of carbonyl (C=O) groups excluding carboxylic acids is 2. The first-order valence-electron chi connectivity index (χ1n) is 6.39. The van der Waals surface area contributed by atoms with Crippen molar-refractivity contribution in [3.05, 3.63) is 12.2 Å². The molecular weight excluding hydrogens is 232 g/mol. The maximum absolute atomic E-state index is 11.4. The van der Waals surface area contributed by atoms with Crippen LogP contribution in [0.4, 0.5) is 0 Å². The second-order valence-corrected chi connectivity index (χ2v) is 4.27. The van der Waals surface area contributed by atoms with Crippen LogP contribution in [0.3, 0.4) is 0 Å². The summed E-state index contributed by atoms with van der Waals surface area (Å²) in [5.41, 5.74) is 0.463. The lowest BCUT2D eigenvalue weighted by Crippen LogP contribution is -2.34. The van der Waals surface area contributed by atoms with E-state index >= 15 is 0 Å². The molecule has 0 atom stereocenters. The molecule has 104 valence electrons. The van der Waals surface area contributed by atoms with Gasteiger partial charge in [-0.3, -0.25) is 9.59 Å². The average molecular weight is 256 g/mol. The van der Waals surface area contributed by atoms with Crippen molar-refractivity contribution in [2.24, 2.45) is 0 Å². The minimum Gasteiger partial charge on any atom is -0.396 e. The largest absolute Gasteiger partial charge is 0.396 e. The van der Waals surface area contributed by atoms with Crippen molar-refractivity contribution in [1.29, 1.82) is 0 Å². The second kappa shape index (κ2) is 10.8. The van der Waals surface area contributed by atoms with Crippen molar-refractivity contribution < 1.29 is 14.7 Å². The number of amides is 2. The van der Waals surface area contributed by atoms with E-state index in [1.165, 1.54) is 0 Å². The monoisotopic (exact) mass is 256 g/mol. The first-order chi connectivity index (χ1) is 8.57. The molecule has 3 N–H and O–H groups in total. The summed E-state index contributed by atoms with van der Waals surface area (Å²) < 4.78 is 0. The predicted molar refractivity (Wildman–Crippen MR) is 71.0 cm³/mol. The lowest BCUT2D eigenvalue weighted by atomic mass is 10.1. The van der Waals surface area contributed by atoms with Crippen molar-refractivity contribution in [3.63, 3.8) is 0 Å². The van der Waals surface area contributed by atoms with Crippen LogP contribution in [-0.4, -0.2) is 36.6 Å². The SMILES string of the molecule is C=C(C)C(=O)NCCNC(=O)CCCCCCO. The molecule has 0 heterocycles. The highest BCUT2D eigenvalue weighted by Crippen LogP contribution is 2.01. The zero-order chi connectivity index (χ0) is 13.8. The average Bonchev–Trinajstić information content (AvgIpc) is 2.34. The molecule has 5 heteroatoms. The first kappa shape index (κ1) is 16.6. The molecule has 0 aromatic rings. The number of aliphatic hydroxyl groups excluding tert-OH is 1. The van der Waals surface area contributed by atoms with Gasteiger partial charge in [-0.2, -0.15) is 0 Å². The van der Waals surface area contributed by atoms with Gasteiger partial charge in [-0.1, -0.05) is 19.4 Å². The zero-order valence-corrected chi connectivity index (χ0v) is 11.1. The van der Waals surface area contributed by atoms with Crippen LogP contribution in [-0.2, 0) is 9.59 Å². The topological polar surface area (TPSA) is 78.4 Å². The van der Waals surface area contributed by atoms with Crippen molar-refractivity contribution in [2.45, 2.75) is 39.0 Å². The Balaban J connectivity index is 3.37. The quantitative estimate of drug-likeness (QED) is 0.398. The number of rotatable bonds is 10. The molecule has 18 heavy (non-hydrogen) atoms. The number of aliphatic hydroxyl groups is 1. The highest BCUT2D eigenvalue weighted by molar-refractivity contribution is 5.92. The number of unbranched alkanes of at least 4 members (excludes halogenated alkanes) is 3. The number of hydrogen-bond donors (Lipinski definition) is 3. The van der Waals surface area contributed by atoms with E-state index < -0.39 is 0 Å². The highest BCUT2D eigenvalue weighted by atomic mass is 16.2. The second-order valence-electron chi connectivity index (χ2n) is 4.27. The lowest BCUT2D eigenvalue weighted by Gasteiger charge is -2.06. The Morgan fingerprint density at radius 3 is 2.28 bits per heavy atom. The molecule has 0 unspecified atom stereocenters. The highest BCUT2D eigenvalue weighted by Gasteiger charge is 2.02. The van der Waals surface area contributed by atoms with Crippen LogP contribution in [0.1, 0.15) is 39.0 Å². The molecule has 5 nitrogen and oxygen atoms in total. The van der Waals surface area contributed by atoms with E-state index in [1.54, 1.807) is 6.92 Å². The van der Waals surface area contributed by atoms with Crippen molar-refractivity contribution in [3.8, 4) is 0 Å². The van der Waals surface area contributed by atoms with Crippen LogP contribution in [0.25, 0.3) is 0 Å². The molecule has 0 aromatic heterocycles. The molecule has 0 bridgehead atoms. The van der Waals surface area contributed by atoms with Gasteiger partial charge in [0.25, 0.3) is 0 Å². The number of nitrogens with one attached hydrogen (secondary N) is 2. The van der Waals surface area contributed by atoms with Gasteiger partial charge in [0.05, 0.1) is 0 Å². The third-order valence-corrected chi connectivity index (χ3v) is 2.43. The van der Waals surface area contributed by atoms with Crippen LogP contribution in [0.2, 0.25) is 0 Å². The van der Waals surface area contributed by atoms with Gasteiger partial charge in [-0.25, -0.2) is 0 Å². The summed E-state index contributed by atoms with van der Waals surface area (Å²) in [6, 6.07) is 0. The standard InChI is InChI=1S/C13H24N2O3/c1-11(2)13(18)15-9-8-14-12(17)7-5-3-4-6-10-16/h16H,1,3-10H2,2H3,(H,14,17)(H,15,18). The number of carbonyl (C=O) groups is 2. The van der Waals surface area contributed by atoms with Gasteiger partial charge >= 0.3 is 0 Å². The van der Waals surface area contributed by atoms with Crippen molar-refractivity contribution in [1.82, 2.24) is 10.6 Å². The van der Waals surface area contributed by atoms with Gasteiger partial charge in [-0.15, -0.1) is 0 Å². The van der Waals surface area contributed by atoms with Gasteiger partial charge in [-0.05, 0) is 19.8 Å². The van der Waals surface area contributed by atoms with E-state index in [-0.39, 0.29) is 18.4 Å². The predicted octanol–water partition coefficient (Wildman–Crippen LogP) is 0.738. The Labute approximate surface area is 109 Å². The van der Waals surface area contributed by atoms with Gasteiger partial charge in [0, 0.05) is 31.7 Å². The molecule has 2 amide bonds. The Kier molecular flexibility index (Phi) is 9.96. The van der Waals surface area contributed by atoms with E-state index in [2.05, 4.69) is 17.2 Å². The van der Waals surface area contributed by atoms with Crippen LogP contribution < -0.4 is 10.6 Å². The van der Waals surface area contributed by atoms with Crippen LogP contribution in [0.5, 0.6) is 0 Å². The summed E-state index contributed by atoms with van der Waals surface area (Å²) in [4.78, 5) is 22.5. The fraction of sp³-hybridized carbons (Fsp3) is 0.692. The molecule has 0 rings (SSSR count). The van der Waals surface area contributed by atoms with Crippen LogP contribution in [0, 0.1) is 0 Å².